The lowest BCUT2D eigenvalue weighted by Crippen LogP contribution is -2.46. The van der Waals surface area contributed by atoms with Gasteiger partial charge in [0, 0.05) is 46.2 Å². The first-order valence-corrected chi connectivity index (χ1v) is 8.52. The number of halogens is 2. The number of anilines is 1. The normalized spacial score (nSPS) is 14.6. The van der Waals surface area contributed by atoms with Gasteiger partial charge in [-0.15, -0.1) is 12.4 Å². The Bertz CT molecular complexity index is 718. The van der Waals surface area contributed by atoms with Crippen LogP contribution < -0.4 is 10.2 Å². The largest absolute Gasteiger partial charge is 0.354 e. The molecule has 1 amide bonds. The Labute approximate surface area is 159 Å². The van der Waals surface area contributed by atoms with Crippen molar-refractivity contribution in [3.05, 3.63) is 59.5 Å². The molecular formula is C19H24ClFN4O. The molecule has 0 spiro atoms. The molecule has 26 heavy (non-hydrogen) atoms. The fourth-order valence-corrected chi connectivity index (χ4v) is 2.96. The summed E-state index contributed by atoms with van der Waals surface area (Å²) in [4.78, 5) is 19.4. The number of rotatable bonds is 5. The fourth-order valence-electron chi connectivity index (χ4n) is 2.96. The standard InChI is InChI=1S/C19H23FN4O.ClH/c1-15(25)21-13-16-5-7-17(8-6-16)14-23-9-11-24(12-10-23)19-4-2-3-18(20)22-19;/h2-8H,9-14H2,1H3,(H,21,25);1H. The molecule has 3 rings (SSSR count). The molecule has 2 heterocycles. The van der Waals surface area contributed by atoms with Gasteiger partial charge in [0.2, 0.25) is 11.9 Å². The first-order chi connectivity index (χ1) is 12.1. The fraction of sp³-hybridized carbons (Fsp3) is 0.368. The minimum absolute atomic E-state index is 0. The third-order valence-electron chi connectivity index (χ3n) is 4.37. The number of hydrogen-bond donors (Lipinski definition) is 1. The van der Waals surface area contributed by atoms with Crippen LogP contribution in [0.25, 0.3) is 0 Å². The van der Waals surface area contributed by atoms with Crippen LogP contribution in [0.4, 0.5) is 10.2 Å². The summed E-state index contributed by atoms with van der Waals surface area (Å²) in [6.45, 7) is 6.51. The summed E-state index contributed by atoms with van der Waals surface area (Å²) >= 11 is 0. The molecule has 7 heteroatoms. The number of hydrogen-bond acceptors (Lipinski definition) is 4. The van der Waals surface area contributed by atoms with Crippen LogP contribution in [0.15, 0.2) is 42.5 Å². The first kappa shape index (κ1) is 20.1. The van der Waals surface area contributed by atoms with Crippen molar-refractivity contribution in [1.82, 2.24) is 15.2 Å². The van der Waals surface area contributed by atoms with E-state index in [2.05, 4.69) is 44.4 Å². The van der Waals surface area contributed by atoms with Crippen LogP contribution in [0, 0.1) is 5.95 Å². The number of carbonyl (C=O) groups is 1. The zero-order chi connectivity index (χ0) is 17.6. The summed E-state index contributed by atoms with van der Waals surface area (Å²) in [5, 5.41) is 2.80. The minimum atomic E-state index is -0.431. The maximum Gasteiger partial charge on any atom is 0.217 e. The van der Waals surface area contributed by atoms with E-state index in [9.17, 15) is 9.18 Å². The molecule has 2 aromatic rings. The Morgan fingerprint density at radius 1 is 1.08 bits per heavy atom. The molecule has 1 N–H and O–H groups in total. The van der Waals surface area contributed by atoms with Crippen LogP contribution in [0.1, 0.15) is 18.1 Å². The molecule has 1 fully saturated rings. The highest BCUT2D eigenvalue weighted by molar-refractivity contribution is 5.85. The third kappa shape index (κ3) is 5.68. The van der Waals surface area contributed by atoms with E-state index >= 15 is 0 Å². The number of nitrogens with one attached hydrogen (secondary N) is 1. The Morgan fingerprint density at radius 2 is 1.73 bits per heavy atom. The van der Waals surface area contributed by atoms with E-state index in [0.717, 1.165) is 38.3 Å². The molecule has 1 aromatic heterocycles. The Hall–Kier alpha value is -2.18. The van der Waals surface area contributed by atoms with E-state index in [1.165, 1.54) is 18.6 Å². The van der Waals surface area contributed by atoms with Crippen molar-refractivity contribution in [3.8, 4) is 0 Å². The first-order valence-electron chi connectivity index (χ1n) is 8.52. The van der Waals surface area contributed by atoms with Crippen LogP contribution in [0.3, 0.4) is 0 Å². The molecule has 0 saturated carbocycles. The maximum absolute atomic E-state index is 13.2. The van der Waals surface area contributed by atoms with E-state index in [-0.39, 0.29) is 18.3 Å². The number of carbonyl (C=O) groups excluding carboxylic acids is 1. The van der Waals surface area contributed by atoms with Gasteiger partial charge in [0.25, 0.3) is 0 Å². The molecule has 1 aliphatic heterocycles. The summed E-state index contributed by atoms with van der Waals surface area (Å²) in [7, 11) is 0. The van der Waals surface area contributed by atoms with Crippen molar-refractivity contribution >= 4 is 24.1 Å². The van der Waals surface area contributed by atoms with Gasteiger partial charge in [-0.2, -0.15) is 4.39 Å². The number of benzene rings is 1. The van der Waals surface area contributed by atoms with Gasteiger partial charge in [-0.1, -0.05) is 30.3 Å². The molecule has 5 nitrogen and oxygen atoms in total. The molecule has 140 valence electrons. The predicted octanol–water partition coefficient (Wildman–Crippen LogP) is 2.60. The molecule has 0 bridgehead atoms. The lowest BCUT2D eigenvalue weighted by molar-refractivity contribution is -0.119. The molecule has 1 aromatic carbocycles. The predicted molar refractivity (Wildman–Crippen MR) is 103 cm³/mol. The van der Waals surface area contributed by atoms with E-state index in [1.54, 1.807) is 6.07 Å². The average molecular weight is 379 g/mol. The van der Waals surface area contributed by atoms with Gasteiger partial charge in [0.05, 0.1) is 0 Å². The second kappa shape index (κ2) is 9.50. The van der Waals surface area contributed by atoms with Crippen LogP contribution in [0.2, 0.25) is 0 Å². The average Bonchev–Trinajstić information content (AvgIpc) is 2.62. The van der Waals surface area contributed by atoms with Crippen LogP contribution in [-0.2, 0) is 17.9 Å². The SMILES string of the molecule is CC(=O)NCc1ccc(CN2CCN(c3cccc(F)n3)CC2)cc1.Cl. The summed E-state index contributed by atoms with van der Waals surface area (Å²) in [5.41, 5.74) is 2.35. The van der Waals surface area contributed by atoms with Crippen molar-refractivity contribution in [3.63, 3.8) is 0 Å². The van der Waals surface area contributed by atoms with Gasteiger partial charge in [-0.3, -0.25) is 9.69 Å². The summed E-state index contributed by atoms with van der Waals surface area (Å²) in [6, 6.07) is 13.3. The zero-order valence-corrected chi connectivity index (χ0v) is 15.6. The Morgan fingerprint density at radius 3 is 2.35 bits per heavy atom. The van der Waals surface area contributed by atoms with Crippen molar-refractivity contribution in [1.29, 1.82) is 0 Å². The summed E-state index contributed by atoms with van der Waals surface area (Å²) in [5.74, 6) is 0.260. The number of aromatic nitrogens is 1. The zero-order valence-electron chi connectivity index (χ0n) is 14.8. The summed E-state index contributed by atoms with van der Waals surface area (Å²) < 4.78 is 13.2. The molecule has 0 atom stereocenters. The van der Waals surface area contributed by atoms with Gasteiger partial charge in [0.15, 0.2) is 0 Å². The molecular weight excluding hydrogens is 355 g/mol. The summed E-state index contributed by atoms with van der Waals surface area (Å²) in [6.07, 6.45) is 0. The van der Waals surface area contributed by atoms with Crippen molar-refractivity contribution in [2.24, 2.45) is 0 Å². The number of nitrogens with zero attached hydrogens (tertiary/aromatic N) is 3. The van der Waals surface area contributed by atoms with E-state index < -0.39 is 5.95 Å². The molecule has 1 aliphatic rings. The Balaban J connectivity index is 0.00000243. The van der Waals surface area contributed by atoms with Crippen LogP contribution >= 0.6 is 12.4 Å². The highest BCUT2D eigenvalue weighted by Gasteiger charge is 2.18. The van der Waals surface area contributed by atoms with Crippen LogP contribution in [0.5, 0.6) is 0 Å². The smallest absolute Gasteiger partial charge is 0.217 e. The van der Waals surface area contributed by atoms with Gasteiger partial charge >= 0.3 is 0 Å². The highest BCUT2D eigenvalue weighted by atomic mass is 35.5. The van der Waals surface area contributed by atoms with Gasteiger partial charge < -0.3 is 10.2 Å². The second-order valence-electron chi connectivity index (χ2n) is 6.31. The number of amides is 1. The monoisotopic (exact) mass is 378 g/mol. The van der Waals surface area contributed by atoms with Gasteiger partial charge in [-0.25, -0.2) is 4.98 Å². The van der Waals surface area contributed by atoms with Crippen molar-refractivity contribution in [2.75, 3.05) is 31.1 Å². The third-order valence-corrected chi connectivity index (χ3v) is 4.37. The van der Waals surface area contributed by atoms with Crippen molar-refractivity contribution in [2.45, 2.75) is 20.0 Å². The van der Waals surface area contributed by atoms with Crippen LogP contribution in [-0.4, -0.2) is 42.0 Å². The molecule has 0 radical (unpaired) electrons. The minimum Gasteiger partial charge on any atom is -0.354 e. The van der Waals surface area contributed by atoms with Gasteiger partial charge in [0.1, 0.15) is 5.82 Å². The quantitative estimate of drug-likeness (QED) is 0.812. The lowest BCUT2D eigenvalue weighted by atomic mass is 10.1. The number of pyridine rings is 1. The molecule has 1 saturated heterocycles. The Kier molecular flexibility index (Phi) is 7.36. The van der Waals surface area contributed by atoms with E-state index in [1.807, 2.05) is 6.07 Å². The van der Waals surface area contributed by atoms with E-state index in [4.69, 9.17) is 0 Å². The topological polar surface area (TPSA) is 48.5 Å². The maximum atomic E-state index is 13.2. The van der Waals surface area contributed by atoms with E-state index in [0.29, 0.717) is 12.4 Å². The number of piperazine rings is 1. The molecule has 0 unspecified atom stereocenters. The lowest BCUT2D eigenvalue weighted by Gasteiger charge is -2.35. The molecule has 0 aliphatic carbocycles. The van der Waals surface area contributed by atoms with Crippen molar-refractivity contribution < 1.29 is 9.18 Å². The highest BCUT2D eigenvalue weighted by Crippen LogP contribution is 2.15. The second-order valence-corrected chi connectivity index (χ2v) is 6.31. The van der Waals surface area contributed by atoms with Gasteiger partial charge in [-0.05, 0) is 23.3 Å².